The zero-order valence-corrected chi connectivity index (χ0v) is 18.4. The van der Waals surface area contributed by atoms with Crippen LogP contribution in [0.15, 0.2) is 28.2 Å². The van der Waals surface area contributed by atoms with Gasteiger partial charge in [0.1, 0.15) is 12.4 Å². The third kappa shape index (κ3) is 4.59. The Balaban J connectivity index is 1.56. The van der Waals surface area contributed by atoms with Crippen LogP contribution in [-0.4, -0.2) is 48.2 Å². The number of benzene rings is 1. The maximum absolute atomic E-state index is 6.12. The number of hydrogen-bond acceptors (Lipinski definition) is 5. The third-order valence-corrected chi connectivity index (χ3v) is 6.64. The fourth-order valence-electron chi connectivity index (χ4n) is 3.63. The van der Waals surface area contributed by atoms with Crippen molar-refractivity contribution in [3.05, 3.63) is 39.3 Å². The van der Waals surface area contributed by atoms with Crippen molar-refractivity contribution in [1.29, 1.82) is 0 Å². The van der Waals surface area contributed by atoms with Crippen LogP contribution in [0.2, 0.25) is 0 Å². The summed E-state index contributed by atoms with van der Waals surface area (Å²) in [6.45, 7) is 12.6. The Morgan fingerprint density at radius 3 is 2.62 bits per heavy atom. The number of nitrogens with zero attached hydrogens (tertiary/aromatic N) is 3. The quantitative estimate of drug-likeness (QED) is 0.651. The largest absolute Gasteiger partial charge is 0.492 e. The zero-order valence-electron chi connectivity index (χ0n) is 16.0. The molecule has 3 rings (SSSR count). The zero-order chi connectivity index (χ0) is 18.7. The van der Waals surface area contributed by atoms with E-state index in [1.807, 2.05) is 6.20 Å². The number of aryl methyl sites for hydroxylation is 2. The van der Waals surface area contributed by atoms with Gasteiger partial charge in [-0.05, 0) is 60.3 Å². The highest BCUT2D eigenvalue weighted by molar-refractivity contribution is 9.11. The average molecular weight is 438 g/mol. The van der Waals surface area contributed by atoms with Gasteiger partial charge in [-0.15, -0.1) is 0 Å². The molecule has 0 saturated carbocycles. The molecule has 1 aliphatic heterocycles. The molecule has 0 radical (unpaired) electrons. The van der Waals surface area contributed by atoms with Crippen LogP contribution in [0.4, 0.5) is 5.13 Å². The van der Waals surface area contributed by atoms with Gasteiger partial charge in [-0.3, -0.25) is 4.90 Å². The number of aromatic nitrogens is 1. The predicted molar refractivity (Wildman–Crippen MR) is 114 cm³/mol. The van der Waals surface area contributed by atoms with Crippen molar-refractivity contribution in [3.8, 4) is 5.75 Å². The normalized spacial score (nSPS) is 21.2. The molecule has 0 N–H and O–H groups in total. The fraction of sp³-hybridized carbons (Fsp3) is 0.550. The Morgan fingerprint density at radius 2 is 2.00 bits per heavy atom. The highest BCUT2D eigenvalue weighted by Gasteiger charge is 2.30. The van der Waals surface area contributed by atoms with E-state index in [1.165, 1.54) is 11.1 Å². The van der Waals surface area contributed by atoms with E-state index in [4.69, 9.17) is 4.74 Å². The van der Waals surface area contributed by atoms with Crippen LogP contribution in [0.5, 0.6) is 5.75 Å². The lowest BCUT2D eigenvalue weighted by atomic mass is 10.1. The number of hydrogen-bond donors (Lipinski definition) is 0. The second-order valence-electron chi connectivity index (χ2n) is 7.09. The van der Waals surface area contributed by atoms with Crippen molar-refractivity contribution in [2.24, 2.45) is 0 Å². The van der Waals surface area contributed by atoms with Crippen LogP contribution in [0.1, 0.15) is 31.9 Å². The molecule has 2 aromatic rings. The van der Waals surface area contributed by atoms with Gasteiger partial charge in [-0.2, -0.15) is 0 Å². The van der Waals surface area contributed by atoms with E-state index >= 15 is 0 Å². The molecule has 2 heterocycles. The topological polar surface area (TPSA) is 28.6 Å². The smallest absolute Gasteiger partial charge is 0.186 e. The first-order valence-corrected chi connectivity index (χ1v) is 10.9. The number of anilines is 1. The summed E-state index contributed by atoms with van der Waals surface area (Å²) in [5.74, 6) is 1.02. The predicted octanol–water partition coefficient (Wildman–Crippen LogP) is 4.75. The summed E-state index contributed by atoms with van der Waals surface area (Å²) in [4.78, 5) is 9.47. The van der Waals surface area contributed by atoms with Crippen molar-refractivity contribution in [2.45, 2.75) is 46.2 Å². The molecule has 2 atom stereocenters. The minimum atomic E-state index is 0.480. The summed E-state index contributed by atoms with van der Waals surface area (Å²) in [5.41, 5.74) is 2.54. The molecule has 0 aliphatic carbocycles. The number of ether oxygens (including phenoxy) is 1. The van der Waals surface area contributed by atoms with Gasteiger partial charge < -0.3 is 9.64 Å². The van der Waals surface area contributed by atoms with Gasteiger partial charge in [0.2, 0.25) is 0 Å². The third-order valence-electron chi connectivity index (χ3n) is 5.11. The first-order chi connectivity index (χ1) is 12.5. The lowest BCUT2D eigenvalue weighted by Crippen LogP contribution is -2.57. The van der Waals surface area contributed by atoms with Crippen molar-refractivity contribution in [1.82, 2.24) is 9.88 Å². The van der Waals surface area contributed by atoms with Gasteiger partial charge in [0.05, 0.1) is 9.98 Å². The summed E-state index contributed by atoms with van der Waals surface area (Å²) in [6.07, 6.45) is 2.93. The van der Waals surface area contributed by atoms with Crippen LogP contribution >= 0.6 is 27.3 Å². The highest BCUT2D eigenvalue weighted by atomic mass is 79.9. The highest BCUT2D eigenvalue weighted by Crippen LogP contribution is 2.29. The lowest BCUT2D eigenvalue weighted by Gasteiger charge is -2.44. The monoisotopic (exact) mass is 437 g/mol. The minimum Gasteiger partial charge on any atom is -0.492 e. The van der Waals surface area contributed by atoms with Gasteiger partial charge in [0.25, 0.3) is 0 Å². The Labute approximate surface area is 169 Å². The van der Waals surface area contributed by atoms with Crippen LogP contribution in [0.3, 0.4) is 0 Å². The molecule has 0 bridgehead atoms. The van der Waals surface area contributed by atoms with Crippen LogP contribution in [0.25, 0.3) is 0 Å². The van der Waals surface area contributed by atoms with Crippen LogP contribution < -0.4 is 9.64 Å². The Bertz CT molecular complexity index is 724. The van der Waals surface area contributed by atoms with Gasteiger partial charge in [0.15, 0.2) is 5.13 Å². The maximum atomic E-state index is 6.12. The Hall–Kier alpha value is -1.11. The molecule has 0 unspecified atom stereocenters. The van der Waals surface area contributed by atoms with Crippen molar-refractivity contribution in [2.75, 3.05) is 31.1 Å². The van der Waals surface area contributed by atoms with Gasteiger partial charge >= 0.3 is 0 Å². The second kappa shape index (κ2) is 8.72. The molecule has 0 spiro atoms. The molecule has 142 valence electrons. The summed E-state index contributed by atoms with van der Waals surface area (Å²) in [6, 6.07) is 7.48. The van der Waals surface area contributed by atoms with E-state index < -0.39 is 0 Å². The van der Waals surface area contributed by atoms with E-state index in [1.54, 1.807) is 11.3 Å². The molecule has 1 aliphatic rings. The van der Waals surface area contributed by atoms with E-state index in [2.05, 4.69) is 76.6 Å². The molecule has 4 nitrogen and oxygen atoms in total. The first kappa shape index (κ1) is 19.6. The molecule has 0 amide bonds. The molecule has 1 saturated heterocycles. The van der Waals surface area contributed by atoms with Crippen LogP contribution in [-0.2, 0) is 6.42 Å². The van der Waals surface area contributed by atoms with E-state index in [9.17, 15) is 0 Å². The van der Waals surface area contributed by atoms with Gasteiger partial charge in [-0.25, -0.2) is 4.98 Å². The Kier molecular flexibility index (Phi) is 6.59. The SMILES string of the molecule is CCc1ccc(C)c(OCCN2[C@H](C)CN(c3ncc(Br)s3)C[C@@H]2C)c1. The van der Waals surface area contributed by atoms with E-state index in [0.717, 1.165) is 47.3 Å². The van der Waals surface area contributed by atoms with Gasteiger partial charge in [-0.1, -0.05) is 30.4 Å². The molecular formula is C20H28BrN3OS. The van der Waals surface area contributed by atoms with Gasteiger partial charge in [0, 0.05) is 31.7 Å². The molecule has 26 heavy (non-hydrogen) atoms. The summed E-state index contributed by atoms with van der Waals surface area (Å²) in [7, 11) is 0. The van der Waals surface area contributed by atoms with E-state index in [-0.39, 0.29) is 0 Å². The molecule has 6 heteroatoms. The van der Waals surface area contributed by atoms with Crippen molar-refractivity contribution < 1.29 is 4.74 Å². The number of halogens is 1. The maximum Gasteiger partial charge on any atom is 0.186 e. The van der Waals surface area contributed by atoms with Crippen LogP contribution in [0, 0.1) is 6.92 Å². The average Bonchev–Trinajstić information content (AvgIpc) is 3.05. The number of rotatable bonds is 6. The number of piperazine rings is 1. The van der Waals surface area contributed by atoms with Crippen molar-refractivity contribution >= 4 is 32.4 Å². The van der Waals surface area contributed by atoms with E-state index in [0.29, 0.717) is 12.1 Å². The summed E-state index contributed by atoms with van der Waals surface area (Å²) in [5, 5.41) is 1.11. The fourth-order valence-corrected chi connectivity index (χ4v) is 4.83. The first-order valence-electron chi connectivity index (χ1n) is 9.32. The molecular weight excluding hydrogens is 410 g/mol. The second-order valence-corrected chi connectivity index (χ2v) is 9.48. The summed E-state index contributed by atoms with van der Waals surface area (Å²) >= 11 is 5.22. The molecule has 1 aromatic carbocycles. The lowest BCUT2D eigenvalue weighted by molar-refractivity contribution is 0.108. The molecule has 1 aromatic heterocycles. The molecule has 1 fully saturated rings. The summed E-state index contributed by atoms with van der Waals surface area (Å²) < 4.78 is 7.21. The van der Waals surface area contributed by atoms with Crippen molar-refractivity contribution in [3.63, 3.8) is 0 Å². The standard InChI is InChI=1S/C20H28BrN3OS/c1-5-17-7-6-14(2)18(10-17)25-9-8-24-15(3)12-23(13-16(24)4)20-22-11-19(21)26-20/h6-7,10-11,15-16H,5,8-9,12-13H2,1-4H3/t15-,16+. The Morgan fingerprint density at radius 1 is 1.27 bits per heavy atom. The minimum absolute atomic E-state index is 0.480. The number of thiazole rings is 1.